The van der Waals surface area contributed by atoms with Gasteiger partial charge in [-0.25, -0.2) is 0 Å². The summed E-state index contributed by atoms with van der Waals surface area (Å²) in [5.74, 6) is 0.394. The maximum atomic E-state index is 12.2. The van der Waals surface area contributed by atoms with Crippen LogP contribution in [0.5, 0.6) is 0 Å². The summed E-state index contributed by atoms with van der Waals surface area (Å²) in [5, 5.41) is 3.47. The summed E-state index contributed by atoms with van der Waals surface area (Å²) in [5.41, 5.74) is 0. The van der Waals surface area contributed by atoms with E-state index in [0.717, 1.165) is 32.4 Å². The maximum absolute atomic E-state index is 12.2. The van der Waals surface area contributed by atoms with Gasteiger partial charge in [-0.15, -0.1) is 12.4 Å². The Hall–Kier alpha value is -0.280. The quantitative estimate of drug-likeness (QED) is 0.855. The van der Waals surface area contributed by atoms with Crippen LogP contribution < -0.4 is 5.32 Å². The van der Waals surface area contributed by atoms with Crippen molar-refractivity contribution in [2.75, 3.05) is 13.1 Å². The molecule has 3 nitrogen and oxygen atoms in total. The third-order valence-corrected chi connectivity index (χ3v) is 4.29. The van der Waals surface area contributed by atoms with E-state index in [2.05, 4.69) is 17.1 Å². The van der Waals surface area contributed by atoms with Crippen molar-refractivity contribution in [3.8, 4) is 0 Å². The summed E-state index contributed by atoms with van der Waals surface area (Å²) in [6.45, 7) is 4.34. The van der Waals surface area contributed by atoms with Gasteiger partial charge in [0, 0.05) is 25.0 Å². The lowest BCUT2D eigenvalue weighted by Crippen LogP contribution is -2.43. The van der Waals surface area contributed by atoms with Crippen LogP contribution in [-0.2, 0) is 4.79 Å². The van der Waals surface area contributed by atoms with Crippen molar-refractivity contribution in [2.45, 2.75) is 70.4 Å². The standard InChI is InChI=1S/C14H26N2O.ClH/c1-2-13-7-3-4-11-16(13)14(17)9-8-12-6-5-10-15-12;/h12-13,15H,2-11H2,1H3;1H. The number of nitrogens with one attached hydrogen (secondary N) is 1. The number of likely N-dealkylation sites (tertiary alicyclic amines) is 1. The molecule has 0 spiro atoms. The first-order valence-electron chi connectivity index (χ1n) is 7.34. The molecule has 1 amide bonds. The summed E-state index contributed by atoms with van der Waals surface area (Å²) in [4.78, 5) is 14.4. The fourth-order valence-electron chi connectivity index (χ4n) is 3.20. The molecule has 18 heavy (non-hydrogen) atoms. The van der Waals surface area contributed by atoms with Crippen LogP contribution in [0, 0.1) is 0 Å². The van der Waals surface area contributed by atoms with E-state index in [1.54, 1.807) is 0 Å². The number of nitrogens with zero attached hydrogens (tertiary/aromatic N) is 1. The van der Waals surface area contributed by atoms with E-state index >= 15 is 0 Å². The Morgan fingerprint density at radius 2 is 2.11 bits per heavy atom. The lowest BCUT2D eigenvalue weighted by Gasteiger charge is -2.35. The number of hydrogen-bond donors (Lipinski definition) is 1. The molecule has 2 fully saturated rings. The van der Waals surface area contributed by atoms with Crippen molar-refractivity contribution >= 4 is 18.3 Å². The maximum Gasteiger partial charge on any atom is 0.222 e. The number of rotatable bonds is 4. The SMILES string of the molecule is CCC1CCCCN1C(=O)CCC1CCCN1.Cl. The van der Waals surface area contributed by atoms with Crippen LogP contribution in [0.1, 0.15) is 58.3 Å². The van der Waals surface area contributed by atoms with Crippen LogP contribution >= 0.6 is 12.4 Å². The molecule has 2 aliphatic heterocycles. The molecule has 0 radical (unpaired) electrons. The van der Waals surface area contributed by atoms with Gasteiger partial charge in [0.05, 0.1) is 0 Å². The molecular weight excluding hydrogens is 248 g/mol. The Morgan fingerprint density at radius 3 is 2.78 bits per heavy atom. The van der Waals surface area contributed by atoms with Crippen molar-refractivity contribution in [1.29, 1.82) is 0 Å². The molecule has 106 valence electrons. The van der Waals surface area contributed by atoms with Crippen LogP contribution in [0.3, 0.4) is 0 Å². The summed E-state index contributed by atoms with van der Waals surface area (Å²) >= 11 is 0. The molecule has 2 heterocycles. The van der Waals surface area contributed by atoms with Gasteiger partial charge in [-0.3, -0.25) is 4.79 Å². The second kappa shape index (κ2) is 8.00. The van der Waals surface area contributed by atoms with E-state index in [0.29, 0.717) is 18.0 Å². The van der Waals surface area contributed by atoms with E-state index in [1.807, 2.05) is 0 Å². The number of carbonyl (C=O) groups excluding carboxylic acids is 1. The van der Waals surface area contributed by atoms with Crippen LogP contribution in [0.4, 0.5) is 0 Å². The zero-order valence-corrected chi connectivity index (χ0v) is 12.3. The number of amides is 1. The molecule has 0 saturated carbocycles. The third kappa shape index (κ3) is 4.13. The fourth-order valence-corrected chi connectivity index (χ4v) is 3.20. The number of carbonyl (C=O) groups is 1. The lowest BCUT2D eigenvalue weighted by atomic mass is 9.99. The fraction of sp³-hybridized carbons (Fsp3) is 0.929. The Balaban J connectivity index is 0.00000162. The number of piperidine rings is 1. The minimum Gasteiger partial charge on any atom is -0.340 e. The molecule has 2 unspecified atom stereocenters. The average Bonchev–Trinajstić information content (AvgIpc) is 2.89. The topological polar surface area (TPSA) is 32.3 Å². The van der Waals surface area contributed by atoms with Crippen LogP contribution in [0.15, 0.2) is 0 Å². The van der Waals surface area contributed by atoms with Crippen molar-refractivity contribution in [3.05, 3.63) is 0 Å². The zero-order valence-electron chi connectivity index (χ0n) is 11.5. The first-order valence-corrected chi connectivity index (χ1v) is 7.34. The van der Waals surface area contributed by atoms with Crippen LogP contribution in [0.25, 0.3) is 0 Å². The van der Waals surface area contributed by atoms with Gasteiger partial charge in [-0.1, -0.05) is 6.92 Å². The largest absolute Gasteiger partial charge is 0.340 e. The first-order chi connectivity index (χ1) is 8.31. The Labute approximate surface area is 117 Å². The predicted molar refractivity (Wildman–Crippen MR) is 77.1 cm³/mol. The Bertz CT molecular complexity index is 254. The molecule has 2 saturated heterocycles. The molecule has 1 N–H and O–H groups in total. The molecule has 4 heteroatoms. The summed E-state index contributed by atoms with van der Waals surface area (Å²) in [6.07, 6.45) is 9.14. The Kier molecular flexibility index (Phi) is 7.02. The summed E-state index contributed by atoms with van der Waals surface area (Å²) in [7, 11) is 0. The van der Waals surface area contributed by atoms with Crippen molar-refractivity contribution in [1.82, 2.24) is 10.2 Å². The molecule has 0 aromatic carbocycles. The highest BCUT2D eigenvalue weighted by Gasteiger charge is 2.25. The van der Waals surface area contributed by atoms with Crippen LogP contribution in [-0.4, -0.2) is 36.0 Å². The molecule has 0 aromatic heterocycles. The summed E-state index contributed by atoms with van der Waals surface area (Å²) < 4.78 is 0. The first kappa shape index (κ1) is 15.8. The van der Waals surface area contributed by atoms with Crippen LogP contribution in [0.2, 0.25) is 0 Å². The van der Waals surface area contributed by atoms with Gasteiger partial charge < -0.3 is 10.2 Å². The molecule has 0 aliphatic carbocycles. The zero-order chi connectivity index (χ0) is 12.1. The minimum atomic E-state index is 0. The van der Waals surface area contributed by atoms with Gasteiger partial charge in [0.15, 0.2) is 0 Å². The highest BCUT2D eigenvalue weighted by Crippen LogP contribution is 2.21. The lowest BCUT2D eigenvalue weighted by molar-refractivity contribution is -0.135. The van der Waals surface area contributed by atoms with E-state index in [9.17, 15) is 4.79 Å². The second-order valence-corrected chi connectivity index (χ2v) is 5.48. The molecule has 2 atom stereocenters. The predicted octanol–water partition coefficient (Wildman–Crippen LogP) is 2.73. The van der Waals surface area contributed by atoms with Gasteiger partial charge in [0.25, 0.3) is 0 Å². The highest BCUT2D eigenvalue weighted by atomic mass is 35.5. The van der Waals surface area contributed by atoms with Gasteiger partial charge in [-0.2, -0.15) is 0 Å². The smallest absolute Gasteiger partial charge is 0.222 e. The molecule has 0 bridgehead atoms. The van der Waals surface area contributed by atoms with Crippen molar-refractivity contribution in [3.63, 3.8) is 0 Å². The van der Waals surface area contributed by atoms with E-state index in [-0.39, 0.29) is 12.4 Å². The normalized spacial score (nSPS) is 27.9. The molecule has 2 rings (SSSR count). The van der Waals surface area contributed by atoms with Crippen molar-refractivity contribution < 1.29 is 4.79 Å². The van der Waals surface area contributed by atoms with Gasteiger partial charge >= 0.3 is 0 Å². The monoisotopic (exact) mass is 274 g/mol. The van der Waals surface area contributed by atoms with E-state index in [1.165, 1.54) is 32.1 Å². The average molecular weight is 275 g/mol. The number of hydrogen-bond acceptors (Lipinski definition) is 2. The summed E-state index contributed by atoms with van der Waals surface area (Å²) in [6, 6.07) is 1.12. The number of halogens is 1. The van der Waals surface area contributed by atoms with Gasteiger partial charge in [0.2, 0.25) is 5.91 Å². The van der Waals surface area contributed by atoms with Crippen molar-refractivity contribution in [2.24, 2.45) is 0 Å². The Morgan fingerprint density at radius 1 is 1.28 bits per heavy atom. The molecule has 0 aromatic rings. The second-order valence-electron chi connectivity index (χ2n) is 5.48. The van der Waals surface area contributed by atoms with E-state index < -0.39 is 0 Å². The van der Waals surface area contributed by atoms with Gasteiger partial charge in [0.1, 0.15) is 0 Å². The minimum absolute atomic E-state index is 0. The third-order valence-electron chi connectivity index (χ3n) is 4.29. The van der Waals surface area contributed by atoms with Gasteiger partial charge in [-0.05, 0) is 51.5 Å². The highest BCUT2D eigenvalue weighted by molar-refractivity contribution is 5.85. The van der Waals surface area contributed by atoms with E-state index in [4.69, 9.17) is 0 Å². The molecule has 2 aliphatic rings. The molecular formula is C14H27ClN2O.